The van der Waals surface area contributed by atoms with Gasteiger partial charge in [-0.1, -0.05) is 0 Å². The molecule has 3 rings (SSSR count). The van der Waals surface area contributed by atoms with Crippen molar-refractivity contribution in [2.45, 2.75) is 56.4 Å². The fourth-order valence-corrected chi connectivity index (χ4v) is 3.90. The second kappa shape index (κ2) is 10.1. The van der Waals surface area contributed by atoms with Gasteiger partial charge >= 0.3 is 18.5 Å². The predicted octanol–water partition coefficient (Wildman–Crippen LogP) is 7.42. The molecule has 1 aliphatic rings. The van der Waals surface area contributed by atoms with Gasteiger partial charge in [-0.25, -0.2) is 0 Å². The molecule has 1 saturated carbocycles. The minimum Gasteiger partial charge on any atom is -0.490 e. The molecule has 0 atom stereocenters. The van der Waals surface area contributed by atoms with Gasteiger partial charge in [-0.05, 0) is 80.4 Å². The smallest absolute Gasteiger partial charge is 0.416 e. The SMILES string of the molecule is FC(F)(F)c1ccc(O[C@H]2CC[C@H](NC(=S)Nc3cc(C(F)(F)F)cc(C(F)(F)F)c3)CC2)cc1. The maximum Gasteiger partial charge on any atom is 0.416 e. The predicted molar refractivity (Wildman–Crippen MR) is 114 cm³/mol. The summed E-state index contributed by atoms with van der Waals surface area (Å²) in [6.07, 6.45) is -12.6. The number of benzene rings is 2. The first-order chi connectivity index (χ1) is 16.1. The van der Waals surface area contributed by atoms with Crippen molar-refractivity contribution < 1.29 is 44.3 Å². The van der Waals surface area contributed by atoms with Crippen molar-refractivity contribution in [2.24, 2.45) is 0 Å². The van der Waals surface area contributed by atoms with Crippen molar-refractivity contribution in [3.63, 3.8) is 0 Å². The molecule has 1 aliphatic carbocycles. The van der Waals surface area contributed by atoms with Gasteiger partial charge in [0.05, 0.1) is 22.8 Å². The third kappa shape index (κ3) is 7.64. The van der Waals surface area contributed by atoms with Crippen LogP contribution in [-0.2, 0) is 18.5 Å². The zero-order valence-electron chi connectivity index (χ0n) is 17.7. The molecule has 0 heterocycles. The van der Waals surface area contributed by atoms with E-state index in [9.17, 15) is 39.5 Å². The Morgan fingerprint density at radius 2 is 1.20 bits per heavy atom. The van der Waals surface area contributed by atoms with Crippen molar-refractivity contribution in [3.05, 3.63) is 59.2 Å². The average molecular weight is 530 g/mol. The van der Waals surface area contributed by atoms with Gasteiger partial charge in [0.1, 0.15) is 5.75 Å². The van der Waals surface area contributed by atoms with Crippen LogP contribution in [0.25, 0.3) is 0 Å². The molecule has 0 unspecified atom stereocenters. The molecule has 13 heteroatoms. The summed E-state index contributed by atoms with van der Waals surface area (Å²) in [6, 6.07) is 5.20. The number of halogens is 9. The molecule has 0 aromatic heterocycles. The van der Waals surface area contributed by atoms with Gasteiger partial charge in [0.25, 0.3) is 0 Å². The Labute approximate surface area is 199 Å². The Morgan fingerprint density at radius 1 is 0.714 bits per heavy atom. The molecule has 0 bridgehead atoms. The molecule has 2 aromatic rings. The highest BCUT2D eigenvalue weighted by atomic mass is 32.1. The van der Waals surface area contributed by atoms with Crippen LogP contribution in [0.4, 0.5) is 45.2 Å². The van der Waals surface area contributed by atoms with E-state index in [1.807, 2.05) is 0 Å². The summed E-state index contributed by atoms with van der Waals surface area (Å²) in [5.74, 6) is 0.289. The number of rotatable bonds is 4. The van der Waals surface area contributed by atoms with Crippen molar-refractivity contribution in [3.8, 4) is 5.75 Å². The van der Waals surface area contributed by atoms with Crippen LogP contribution in [0, 0.1) is 0 Å². The first-order valence-corrected chi connectivity index (χ1v) is 10.7. The number of nitrogens with one attached hydrogen (secondary N) is 2. The summed E-state index contributed by atoms with van der Waals surface area (Å²) in [4.78, 5) is 0. The summed E-state index contributed by atoms with van der Waals surface area (Å²) in [5.41, 5.74) is -4.16. The minimum atomic E-state index is -4.97. The number of ether oxygens (including phenoxy) is 1. The van der Waals surface area contributed by atoms with Gasteiger partial charge in [0.15, 0.2) is 5.11 Å². The normalized spacial score (nSPS) is 19.2. The van der Waals surface area contributed by atoms with Gasteiger partial charge in [-0.3, -0.25) is 0 Å². The van der Waals surface area contributed by atoms with E-state index in [4.69, 9.17) is 17.0 Å². The van der Waals surface area contributed by atoms with Gasteiger partial charge in [-0.2, -0.15) is 39.5 Å². The van der Waals surface area contributed by atoms with Gasteiger partial charge in [0, 0.05) is 11.7 Å². The van der Waals surface area contributed by atoms with E-state index in [2.05, 4.69) is 10.6 Å². The monoisotopic (exact) mass is 530 g/mol. The van der Waals surface area contributed by atoms with Crippen LogP contribution in [0.2, 0.25) is 0 Å². The van der Waals surface area contributed by atoms with Crippen molar-refractivity contribution in [1.29, 1.82) is 0 Å². The van der Waals surface area contributed by atoms with Crippen LogP contribution in [0.15, 0.2) is 42.5 Å². The summed E-state index contributed by atoms with van der Waals surface area (Å²) in [5, 5.41) is 5.11. The molecule has 0 amide bonds. The third-order valence-electron chi connectivity index (χ3n) is 5.34. The Balaban J connectivity index is 1.54. The van der Waals surface area contributed by atoms with E-state index in [1.54, 1.807) is 0 Å². The second-order valence-electron chi connectivity index (χ2n) is 8.01. The van der Waals surface area contributed by atoms with Crippen LogP contribution < -0.4 is 15.4 Å². The molecular formula is C22H19F9N2OS. The van der Waals surface area contributed by atoms with E-state index in [1.165, 1.54) is 12.1 Å². The summed E-state index contributed by atoms with van der Waals surface area (Å²) in [7, 11) is 0. The van der Waals surface area contributed by atoms with Crippen LogP contribution >= 0.6 is 12.2 Å². The highest BCUT2D eigenvalue weighted by Crippen LogP contribution is 2.37. The molecule has 0 radical (unpaired) electrons. The second-order valence-corrected chi connectivity index (χ2v) is 8.41. The average Bonchev–Trinajstić information content (AvgIpc) is 2.73. The Bertz CT molecular complexity index is 993. The van der Waals surface area contributed by atoms with E-state index in [0.717, 1.165) is 12.1 Å². The van der Waals surface area contributed by atoms with E-state index in [0.29, 0.717) is 37.8 Å². The topological polar surface area (TPSA) is 33.3 Å². The quantitative estimate of drug-likeness (QED) is 0.319. The maximum absolute atomic E-state index is 13.0. The largest absolute Gasteiger partial charge is 0.490 e. The van der Waals surface area contributed by atoms with E-state index < -0.39 is 40.9 Å². The molecule has 0 aliphatic heterocycles. The maximum atomic E-state index is 13.0. The van der Waals surface area contributed by atoms with Crippen LogP contribution in [0.5, 0.6) is 5.75 Å². The van der Waals surface area contributed by atoms with Crippen molar-refractivity contribution >= 4 is 23.0 Å². The van der Waals surface area contributed by atoms with Gasteiger partial charge in [0.2, 0.25) is 0 Å². The van der Waals surface area contributed by atoms with E-state index in [-0.39, 0.29) is 29.1 Å². The fourth-order valence-electron chi connectivity index (χ4n) is 3.62. The lowest BCUT2D eigenvalue weighted by Crippen LogP contribution is -2.41. The molecule has 1 fully saturated rings. The van der Waals surface area contributed by atoms with Crippen LogP contribution in [-0.4, -0.2) is 17.3 Å². The summed E-state index contributed by atoms with van der Waals surface area (Å²) < 4.78 is 122. The lowest BCUT2D eigenvalue weighted by atomic mass is 9.93. The lowest BCUT2D eigenvalue weighted by Gasteiger charge is -2.30. The summed E-state index contributed by atoms with van der Waals surface area (Å²) in [6.45, 7) is 0. The van der Waals surface area contributed by atoms with Crippen LogP contribution in [0.1, 0.15) is 42.4 Å². The molecular weight excluding hydrogens is 511 g/mol. The molecule has 192 valence electrons. The third-order valence-corrected chi connectivity index (χ3v) is 5.56. The number of hydrogen-bond donors (Lipinski definition) is 2. The highest BCUT2D eigenvalue weighted by molar-refractivity contribution is 7.80. The lowest BCUT2D eigenvalue weighted by molar-refractivity contribution is -0.143. The number of anilines is 1. The zero-order chi connectivity index (χ0) is 26.0. The Morgan fingerprint density at radius 3 is 1.66 bits per heavy atom. The first-order valence-electron chi connectivity index (χ1n) is 10.3. The Kier molecular flexibility index (Phi) is 7.77. The van der Waals surface area contributed by atoms with Gasteiger partial charge < -0.3 is 15.4 Å². The van der Waals surface area contributed by atoms with Crippen molar-refractivity contribution in [2.75, 3.05) is 5.32 Å². The number of hydrogen-bond acceptors (Lipinski definition) is 2. The molecule has 35 heavy (non-hydrogen) atoms. The summed E-state index contributed by atoms with van der Waals surface area (Å²) >= 11 is 5.06. The van der Waals surface area contributed by atoms with Gasteiger partial charge in [-0.15, -0.1) is 0 Å². The zero-order valence-corrected chi connectivity index (χ0v) is 18.6. The molecule has 2 N–H and O–H groups in total. The minimum absolute atomic E-state index is 0.0274. The molecule has 3 nitrogen and oxygen atoms in total. The molecule has 2 aromatic carbocycles. The highest BCUT2D eigenvalue weighted by Gasteiger charge is 2.37. The Hall–Kier alpha value is -2.70. The standard InChI is InChI=1S/C22H19F9N2OS/c23-20(24,25)12-1-5-17(6-2-12)34-18-7-3-15(4-8-18)32-19(35)33-16-10-13(21(26,27)28)9-14(11-16)22(29,30)31/h1-2,5-6,9-11,15,18H,3-4,7-8H2,(H2,32,33,35)/t15-,18-. The fraction of sp³-hybridized carbons (Fsp3) is 0.409. The van der Waals surface area contributed by atoms with Crippen molar-refractivity contribution in [1.82, 2.24) is 5.32 Å². The number of thiocarbonyl (C=S) groups is 1. The van der Waals surface area contributed by atoms with Crippen LogP contribution in [0.3, 0.4) is 0 Å². The molecule has 0 saturated heterocycles. The first kappa shape index (κ1) is 26.9. The number of alkyl halides is 9. The van der Waals surface area contributed by atoms with E-state index >= 15 is 0 Å². The molecule has 0 spiro atoms.